The Labute approximate surface area is 215 Å². The van der Waals surface area contributed by atoms with Gasteiger partial charge in [-0.15, -0.1) is 0 Å². The lowest BCUT2D eigenvalue weighted by molar-refractivity contribution is -0.128. The van der Waals surface area contributed by atoms with Crippen LogP contribution in [0.2, 0.25) is 5.02 Å². The van der Waals surface area contributed by atoms with Gasteiger partial charge < -0.3 is 20.5 Å². The average molecular weight is 546 g/mol. The number of amides is 3. The van der Waals surface area contributed by atoms with Crippen LogP contribution in [0.5, 0.6) is 0 Å². The van der Waals surface area contributed by atoms with Gasteiger partial charge in [-0.2, -0.15) is 8.42 Å². The van der Waals surface area contributed by atoms with Crippen LogP contribution in [0.15, 0.2) is 24.3 Å². The second-order valence-corrected chi connectivity index (χ2v) is 11.6. The Kier molecular flexibility index (Phi) is 9.20. The van der Waals surface area contributed by atoms with Crippen molar-refractivity contribution in [3.05, 3.63) is 34.9 Å². The third-order valence-electron chi connectivity index (χ3n) is 6.31. The van der Waals surface area contributed by atoms with E-state index in [1.165, 1.54) is 4.90 Å². The Balaban J connectivity index is 1.77. The van der Waals surface area contributed by atoms with Crippen LogP contribution >= 0.6 is 11.6 Å². The zero-order valence-corrected chi connectivity index (χ0v) is 21.7. The molecule has 36 heavy (non-hydrogen) atoms. The minimum absolute atomic E-state index is 0.0221. The highest BCUT2D eigenvalue weighted by molar-refractivity contribution is 7.86. The number of hydrogen-bond acceptors (Lipinski definition) is 7. The molecule has 5 atom stereocenters. The molecule has 2 unspecified atom stereocenters. The van der Waals surface area contributed by atoms with E-state index in [-0.39, 0.29) is 31.2 Å². The van der Waals surface area contributed by atoms with Gasteiger partial charge in [-0.25, -0.2) is 4.79 Å². The Hall–Kier alpha value is -2.41. The lowest BCUT2D eigenvalue weighted by Gasteiger charge is -2.30. The predicted octanol–water partition coefficient (Wildman–Crippen LogP) is 1.34. The van der Waals surface area contributed by atoms with Crippen molar-refractivity contribution in [1.29, 1.82) is 0 Å². The molecule has 1 aromatic carbocycles. The van der Waals surface area contributed by atoms with Gasteiger partial charge in [-0.3, -0.25) is 19.0 Å². The molecule has 2 aliphatic rings. The number of benzene rings is 1. The molecule has 2 saturated heterocycles. The number of nitrogens with one attached hydrogen (secondary N) is 2. The van der Waals surface area contributed by atoms with Gasteiger partial charge in [-0.1, -0.05) is 37.6 Å². The van der Waals surface area contributed by atoms with Crippen molar-refractivity contribution in [3.8, 4) is 0 Å². The van der Waals surface area contributed by atoms with Gasteiger partial charge in [0.25, 0.3) is 10.1 Å². The van der Waals surface area contributed by atoms with Gasteiger partial charge in [-0.05, 0) is 42.9 Å². The summed E-state index contributed by atoms with van der Waals surface area (Å²) in [5, 5.41) is 15.9. The molecular formula is C23H32ClN3O8S. The van der Waals surface area contributed by atoms with Gasteiger partial charge in [0.15, 0.2) is 0 Å². The van der Waals surface area contributed by atoms with E-state index in [4.69, 9.17) is 16.3 Å². The van der Waals surface area contributed by atoms with E-state index < -0.39 is 51.7 Å². The lowest BCUT2D eigenvalue weighted by atomic mass is 9.97. The molecule has 0 aliphatic carbocycles. The van der Waals surface area contributed by atoms with Gasteiger partial charge in [0.05, 0.1) is 12.6 Å². The number of aliphatic hydroxyl groups excluding tert-OH is 1. The largest absolute Gasteiger partial charge is 0.444 e. The van der Waals surface area contributed by atoms with Crippen LogP contribution in [-0.4, -0.2) is 77.6 Å². The molecule has 0 radical (unpaired) electrons. The monoisotopic (exact) mass is 545 g/mol. The lowest BCUT2D eigenvalue weighted by Crippen LogP contribution is -2.55. The first kappa shape index (κ1) is 28.2. The summed E-state index contributed by atoms with van der Waals surface area (Å²) in [6.07, 6.45) is -0.398. The number of hydrogen-bond donors (Lipinski definition) is 4. The van der Waals surface area contributed by atoms with Crippen LogP contribution in [-0.2, 0) is 30.9 Å². The van der Waals surface area contributed by atoms with Crippen LogP contribution < -0.4 is 10.6 Å². The van der Waals surface area contributed by atoms with Crippen molar-refractivity contribution >= 4 is 39.6 Å². The van der Waals surface area contributed by atoms with Gasteiger partial charge >= 0.3 is 6.09 Å². The normalized spacial score (nSPS) is 22.8. The first-order chi connectivity index (χ1) is 16.8. The second kappa shape index (κ2) is 11.8. The van der Waals surface area contributed by atoms with Crippen LogP contribution in [0, 0.1) is 11.8 Å². The second-order valence-electron chi connectivity index (χ2n) is 9.67. The van der Waals surface area contributed by atoms with Crippen molar-refractivity contribution in [2.45, 2.75) is 63.2 Å². The summed E-state index contributed by atoms with van der Waals surface area (Å²) in [6.45, 7) is 4.22. The summed E-state index contributed by atoms with van der Waals surface area (Å²) in [7, 11) is -4.94. The van der Waals surface area contributed by atoms with E-state index in [1.54, 1.807) is 18.2 Å². The van der Waals surface area contributed by atoms with Crippen LogP contribution in [0.25, 0.3) is 0 Å². The molecule has 2 aliphatic heterocycles. The molecule has 0 bridgehead atoms. The third-order valence-corrected chi connectivity index (χ3v) is 7.48. The van der Waals surface area contributed by atoms with Crippen molar-refractivity contribution in [3.63, 3.8) is 0 Å². The molecule has 0 saturated carbocycles. The Bertz CT molecular complexity index is 1080. The molecule has 4 N–H and O–H groups in total. The molecule has 3 rings (SSSR count). The van der Waals surface area contributed by atoms with Crippen LogP contribution in [0.1, 0.15) is 38.7 Å². The highest BCUT2D eigenvalue weighted by Gasteiger charge is 2.42. The Morgan fingerprint density at radius 2 is 2.06 bits per heavy atom. The van der Waals surface area contributed by atoms with E-state index in [1.807, 2.05) is 19.9 Å². The highest BCUT2D eigenvalue weighted by atomic mass is 35.5. The summed E-state index contributed by atoms with van der Waals surface area (Å²) in [5.74, 6) is -1.71. The standard InChI is InChI=1S/C23H32ClN3O8S/c1-13(2)8-19(27-12-17(35-23(27)31)10-14-4-3-5-16(24)9-14)21(29)26-18(22(30)36(32,33)34)11-15-6-7-25-20(15)28/h3-5,9,13,15,17-19,22,30H,6-8,10-12H2,1-2H3,(H,25,28)(H,26,29)(H,32,33,34)/t15-,17?,18-,19-,22?/m0/s1. The van der Waals surface area contributed by atoms with E-state index >= 15 is 0 Å². The summed E-state index contributed by atoms with van der Waals surface area (Å²) in [4.78, 5) is 39.4. The maximum absolute atomic E-state index is 13.4. The number of ether oxygens (including phenoxy) is 1. The van der Waals surface area contributed by atoms with Crippen molar-refractivity contribution in [1.82, 2.24) is 15.5 Å². The van der Waals surface area contributed by atoms with E-state index in [0.29, 0.717) is 24.4 Å². The molecule has 200 valence electrons. The molecule has 3 amide bonds. The molecule has 11 nitrogen and oxygen atoms in total. The number of halogens is 1. The fraction of sp³-hybridized carbons (Fsp3) is 0.609. The SMILES string of the molecule is CC(C)C[C@@H](C(=O)N[C@@H](C[C@@H]1CCNC1=O)C(O)S(=O)(=O)O)N1CC(Cc2cccc(Cl)c2)OC1=O. The Morgan fingerprint density at radius 1 is 1.33 bits per heavy atom. The molecule has 13 heteroatoms. The minimum atomic E-state index is -4.94. The fourth-order valence-corrected chi connectivity index (χ4v) is 5.37. The van der Waals surface area contributed by atoms with Gasteiger partial charge in [0, 0.05) is 23.9 Å². The topological polar surface area (TPSA) is 162 Å². The van der Waals surface area contributed by atoms with Crippen molar-refractivity contribution < 1.29 is 37.2 Å². The summed E-state index contributed by atoms with van der Waals surface area (Å²) in [6, 6.07) is 4.64. The summed E-state index contributed by atoms with van der Waals surface area (Å²) < 4.78 is 38.2. The van der Waals surface area contributed by atoms with Crippen molar-refractivity contribution in [2.24, 2.45) is 11.8 Å². The number of carbonyl (C=O) groups excluding carboxylic acids is 3. The zero-order valence-electron chi connectivity index (χ0n) is 20.1. The van der Waals surface area contributed by atoms with Gasteiger partial charge in [0.1, 0.15) is 12.1 Å². The first-order valence-electron chi connectivity index (χ1n) is 11.8. The number of nitrogens with zero attached hydrogens (tertiary/aromatic N) is 1. The highest BCUT2D eigenvalue weighted by Crippen LogP contribution is 2.25. The van der Waals surface area contributed by atoms with Crippen LogP contribution in [0.3, 0.4) is 0 Å². The molecule has 0 spiro atoms. The van der Waals surface area contributed by atoms with E-state index in [0.717, 1.165) is 5.56 Å². The Morgan fingerprint density at radius 3 is 2.64 bits per heavy atom. The van der Waals surface area contributed by atoms with Crippen LogP contribution in [0.4, 0.5) is 4.79 Å². The number of cyclic esters (lactones) is 1. The van der Waals surface area contributed by atoms with Crippen molar-refractivity contribution in [2.75, 3.05) is 13.1 Å². The molecular weight excluding hydrogens is 514 g/mol. The molecule has 1 aromatic rings. The summed E-state index contributed by atoms with van der Waals surface area (Å²) >= 11 is 6.04. The first-order valence-corrected chi connectivity index (χ1v) is 13.7. The van der Waals surface area contributed by atoms with Gasteiger partial charge in [0.2, 0.25) is 17.3 Å². The number of rotatable bonds is 11. The average Bonchev–Trinajstić information content (AvgIpc) is 3.34. The number of aliphatic hydroxyl groups is 1. The maximum Gasteiger partial charge on any atom is 0.410 e. The molecule has 2 heterocycles. The fourth-order valence-electron chi connectivity index (χ4n) is 4.56. The van der Waals surface area contributed by atoms with E-state index in [2.05, 4.69) is 10.6 Å². The molecule has 0 aromatic heterocycles. The molecule has 2 fully saturated rings. The minimum Gasteiger partial charge on any atom is -0.444 e. The smallest absolute Gasteiger partial charge is 0.410 e. The van der Waals surface area contributed by atoms with E-state index in [9.17, 15) is 32.5 Å². The maximum atomic E-state index is 13.4. The summed E-state index contributed by atoms with van der Waals surface area (Å²) in [5.41, 5.74) is -1.48. The third kappa shape index (κ3) is 7.31. The quantitative estimate of drug-likeness (QED) is 0.303. The predicted molar refractivity (Wildman–Crippen MR) is 131 cm³/mol. The zero-order chi connectivity index (χ0) is 26.6. The number of carbonyl (C=O) groups is 3.